The third-order valence-electron chi connectivity index (χ3n) is 4.46. The van der Waals surface area contributed by atoms with Crippen molar-refractivity contribution >= 4 is 32.6 Å². The molecule has 1 fully saturated rings. The summed E-state index contributed by atoms with van der Waals surface area (Å²) in [6, 6.07) is 6.30. The molecule has 2 heterocycles. The van der Waals surface area contributed by atoms with Crippen molar-refractivity contribution in [1.29, 1.82) is 0 Å². The normalized spacial score (nSPS) is 18.0. The first-order valence-corrected chi connectivity index (χ1v) is 9.61. The van der Waals surface area contributed by atoms with Crippen LogP contribution in [-0.4, -0.2) is 30.1 Å². The zero-order valence-corrected chi connectivity index (χ0v) is 15.7. The lowest BCUT2D eigenvalue weighted by Crippen LogP contribution is -2.39. The van der Waals surface area contributed by atoms with Gasteiger partial charge in [0, 0.05) is 12.5 Å². The molecule has 0 N–H and O–H groups in total. The van der Waals surface area contributed by atoms with E-state index in [1.165, 1.54) is 5.56 Å². The number of fused-ring (bicyclic) bond motifs is 1. The Balaban J connectivity index is 1.98. The summed E-state index contributed by atoms with van der Waals surface area (Å²) in [6.07, 6.45) is 2.22. The Morgan fingerprint density at radius 3 is 2.79 bits per heavy atom. The van der Waals surface area contributed by atoms with Crippen LogP contribution in [0.1, 0.15) is 52.0 Å². The number of benzene rings is 1. The first-order chi connectivity index (χ1) is 11.5. The van der Waals surface area contributed by atoms with Crippen LogP contribution >= 0.6 is 11.3 Å². The van der Waals surface area contributed by atoms with Crippen molar-refractivity contribution in [2.45, 2.75) is 52.6 Å². The number of carbonyl (C=O) groups is 1. The minimum absolute atomic E-state index is 0.0528. The molecule has 5 heteroatoms. The molecule has 4 nitrogen and oxygen atoms in total. The Bertz CT molecular complexity index is 717. The lowest BCUT2D eigenvalue weighted by molar-refractivity contribution is -0.121. The van der Waals surface area contributed by atoms with Crippen LogP contribution in [0.2, 0.25) is 0 Å². The van der Waals surface area contributed by atoms with Crippen molar-refractivity contribution in [1.82, 2.24) is 4.98 Å². The summed E-state index contributed by atoms with van der Waals surface area (Å²) in [7, 11) is 0. The van der Waals surface area contributed by atoms with Gasteiger partial charge in [0.05, 0.1) is 22.9 Å². The van der Waals surface area contributed by atoms with Gasteiger partial charge in [-0.15, -0.1) is 0 Å². The largest absolute Gasteiger partial charge is 0.376 e. The van der Waals surface area contributed by atoms with Crippen molar-refractivity contribution in [3.63, 3.8) is 0 Å². The molecule has 1 aliphatic heterocycles. The summed E-state index contributed by atoms with van der Waals surface area (Å²) in [4.78, 5) is 19.5. The van der Waals surface area contributed by atoms with Crippen LogP contribution in [0.15, 0.2) is 18.2 Å². The van der Waals surface area contributed by atoms with Gasteiger partial charge in [-0.05, 0) is 30.4 Å². The van der Waals surface area contributed by atoms with E-state index in [0.717, 1.165) is 34.8 Å². The van der Waals surface area contributed by atoms with Crippen molar-refractivity contribution in [2.75, 3.05) is 18.1 Å². The van der Waals surface area contributed by atoms with E-state index in [0.29, 0.717) is 12.5 Å². The number of para-hydroxylation sites is 1. The van der Waals surface area contributed by atoms with Gasteiger partial charge in [-0.1, -0.05) is 51.2 Å². The van der Waals surface area contributed by atoms with Crippen LogP contribution in [0.5, 0.6) is 0 Å². The number of anilines is 1. The average Bonchev–Trinajstić information content (AvgIpc) is 3.20. The number of thiazole rings is 1. The Labute approximate surface area is 147 Å². The molecule has 1 aromatic carbocycles. The predicted octanol–water partition coefficient (Wildman–Crippen LogP) is 4.59. The smallest absolute Gasteiger partial charge is 0.231 e. The number of nitrogens with zero attached hydrogens (tertiary/aromatic N) is 2. The predicted molar refractivity (Wildman–Crippen MR) is 99.9 cm³/mol. The molecular formula is C19H26N2O2S. The molecule has 1 aliphatic rings. The lowest BCUT2D eigenvalue weighted by Gasteiger charge is -2.24. The highest BCUT2D eigenvalue weighted by molar-refractivity contribution is 7.22. The molecule has 1 amide bonds. The van der Waals surface area contributed by atoms with Crippen LogP contribution in [0.4, 0.5) is 5.13 Å². The average molecular weight is 346 g/mol. The third kappa shape index (κ3) is 3.47. The summed E-state index contributed by atoms with van der Waals surface area (Å²) < 4.78 is 6.90. The maximum atomic E-state index is 12.8. The van der Waals surface area contributed by atoms with E-state index in [4.69, 9.17) is 9.72 Å². The first-order valence-electron chi connectivity index (χ1n) is 8.79. The monoisotopic (exact) mass is 346 g/mol. The molecule has 0 aliphatic carbocycles. The number of hydrogen-bond acceptors (Lipinski definition) is 4. The Hall–Kier alpha value is -1.46. The second-order valence-electron chi connectivity index (χ2n) is 7.08. The minimum Gasteiger partial charge on any atom is -0.376 e. The van der Waals surface area contributed by atoms with Crippen molar-refractivity contribution in [3.05, 3.63) is 23.8 Å². The molecule has 130 valence electrons. The van der Waals surface area contributed by atoms with Gasteiger partial charge in [-0.25, -0.2) is 4.98 Å². The summed E-state index contributed by atoms with van der Waals surface area (Å²) in [5, 5.41) is 0.798. The van der Waals surface area contributed by atoms with E-state index in [2.05, 4.69) is 32.0 Å². The number of amides is 1. The molecule has 0 spiro atoms. The number of ether oxygens (including phenoxy) is 1. The van der Waals surface area contributed by atoms with Crippen molar-refractivity contribution in [3.8, 4) is 0 Å². The number of carbonyl (C=O) groups excluding carboxylic acids is 1. The third-order valence-corrected chi connectivity index (χ3v) is 5.51. The van der Waals surface area contributed by atoms with Crippen LogP contribution in [-0.2, 0) is 9.53 Å². The zero-order chi connectivity index (χ0) is 17.3. The first kappa shape index (κ1) is 17.4. The molecule has 2 aromatic rings. The molecule has 24 heavy (non-hydrogen) atoms. The highest BCUT2D eigenvalue weighted by Crippen LogP contribution is 2.34. The SMILES string of the molecule is CC(C)C(=O)N(CC1CCCO1)c1nc2c(C(C)C)cccc2s1. The second kappa shape index (κ2) is 7.19. The van der Waals surface area contributed by atoms with Crippen molar-refractivity contribution in [2.24, 2.45) is 5.92 Å². The number of hydrogen-bond donors (Lipinski definition) is 0. The highest BCUT2D eigenvalue weighted by Gasteiger charge is 2.27. The van der Waals surface area contributed by atoms with Gasteiger partial charge in [0.15, 0.2) is 5.13 Å². The topological polar surface area (TPSA) is 42.4 Å². The fourth-order valence-electron chi connectivity index (χ4n) is 3.11. The van der Waals surface area contributed by atoms with Gasteiger partial charge in [0.2, 0.25) is 5.91 Å². The van der Waals surface area contributed by atoms with Gasteiger partial charge >= 0.3 is 0 Å². The Morgan fingerprint density at radius 1 is 1.38 bits per heavy atom. The molecule has 0 radical (unpaired) electrons. The maximum Gasteiger partial charge on any atom is 0.231 e. The molecule has 1 atom stereocenters. The second-order valence-corrected chi connectivity index (χ2v) is 8.09. The summed E-state index contributed by atoms with van der Waals surface area (Å²) in [5.41, 5.74) is 2.27. The van der Waals surface area contributed by atoms with Crippen LogP contribution < -0.4 is 4.90 Å². The summed E-state index contributed by atoms with van der Waals surface area (Å²) in [6.45, 7) is 9.64. The van der Waals surface area contributed by atoms with E-state index >= 15 is 0 Å². The van der Waals surface area contributed by atoms with E-state index in [1.807, 2.05) is 18.7 Å². The Morgan fingerprint density at radius 2 is 2.17 bits per heavy atom. The van der Waals surface area contributed by atoms with Gasteiger partial charge in [-0.3, -0.25) is 9.69 Å². The van der Waals surface area contributed by atoms with Crippen LogP contribution in [0.3, 0.4) is 0 Å². The van der Waals surface area contributed by atoms with Crippen LogP contribution in [0.25, 0.3) is 10.2 Å². The highest BCUT2D eigenvalue weighted by atomic mass is 32.1. The van der Waals surface area contributed by atoms with Gasteiger partial charge in [0.25, 0.3) is 0 Å². The maximum absolute atomic E-state index is 12.8. The molecule has 1 unspecified atom stereocenters. The lowest BCUT2D eigenvalue weighted by atomic mass is 10.0. The number of aromatic nitrogens is 1. The van der Waals surface area contributed by atoms with Gasteiger partial charge in [-0.2, -0.15) is 0 Å². The number of rotatable bonds is 5. The fraction of sp³-hybridized carbons (Fsp3) is 0.579. The van der Waals surface area contributed by atoms with Gasteiger partial charge in [0.1, 0.15) is 0 Å². The molecular weight excluding hydrogens is 320 g/mol. The van der Waals surface area contributed by atoms with E-state index in [1.54, 1.807) is 11.3 Å². The summed E-state index contributed by atoms with van der Waals surface area (Å²) in [5.74, 6) is 0.481. The quantitative estimate of drug-likeness (QED) is 0.795. The molecule has 1 saturated heterocycles. The fourth-order valence-corrected chi connectivity index (χ4v) is 4.12. The zero-order valence-electron chi connectivity index (χ0n) is 14.9. The Kier molecular flexibility index (Phi) is 5.21. The van der Waals surface area contributed by atoms with Crippen LogP contribution in [0, 0.1) is 5.92 Å². The van der Waals surface area contributed by atoms with Gasteiger partial charge < -0.3 is 4.74 Å². The van der Waals surface area contributed by atoms with Crippen molar-refractivity contribution < 1.29 is 9.53 Å². The van der Waals surface area contributed by atoms with E-state index < -0.39 is 0 Å². The molecule has 3 rings (SSSR count). The minimum atomic E-state index is -0.0528. The molecule has 0 saturated carbocycles. The molecule has 1 aromatic heterocycles. The summed E-state index contributed by atoms with van der Waals surface area (Å²) >= 11 is 1.60. The molecule has 0 bridgehead atoms. The van der Waals surface area contributed by atoms with E-state index in [9.17, 15) is 4.79 Å². The standard InChI is InChI=1S/C19H26N2O2S/c1-12(2)15-8-5-9-16-17(15)20-19(24-16)21(18(22)13(3)4)11-14-7-6-10-23-14/h5,8-9,12-14H,6-7,10-11H2,1-4H3. The van der Waals surface area contributed by atoms with E-state index in [-0.39, 0.29) is 17.9 Å².